The highest BCUT2D eigenvalue weighted by atomic mass is 16.5. The van der Waals surface area contributed by atoms with Gasteiger partial charge in [-0.3, -0.25) is 4.79 Å². The van der Waals surface area contributed by atoms with Gasteiger partial charge in [-0.25, -0.2) is 0 Å². The fraction of sp³-hybridized carbons (Fsp3) is 0.933. The molecule has 1 atom stereocenters. The van der Waals surface area contributed by atoms with E-state index in [4.69, 9.17) is 4.74 Å². The number of hydrogen-bond donors (Lipinski definition) is 2. The van der Waals surface area contributed by atoms with E-state index in [9.17, 15) is 4.79 Å². The van der Waals surface area contributed by atoms with Gasteiger partial charge in [0, 0.05) is 20.3 Å². The molecule has 2 N–H and O–H groups in total. The molecule has 1 fully saturated rings. The first-order valence-electron chi connectivity index (χ1n) is 7.25. The molecule has 1 aliphatic carbocycles. The molecule has 0 aromatic heterocycles. The molecule has 0 aromatic rings. The summed E-state index contributed by atoms with van der Waals surface area (Å²) in [6, 6.07) is -0.130. The lowest BCUT2D eigenvalue weighted by atomic mass is 10.0. The average Bonchev–Trinajstić information content (AvgIpc) is 2.72. The molecular weight excluding hydrogens is 240 g/mol. The maximum atomic E-state index is 11.8. The minimum Gasteiger partial charge on any atom is -0.385 e. The zero-order valence-electron chi connectivity index (χ0n) is 13.3. The van der Waals surface area contributed by atoms with Gasteiger partial charge in [-0.15, -0.1) is 0 Å². The quantitative estimate of drug-likeness (QED) is 0.661. The molecule has 0 aromatic carbocycles. The van der Waals surface area contributed by atoms with E-state index in [-0.39, 0.29) is 11.9 Å². The Balaban J connectivity index is 2.21. The van der Waals surface area contributed by atoms with Crippen molar-refractivity contribution in [3.63, 3.8) is 0 Å². The van der Waals surface area contributed by atoms with Crippen LogP contribution in [0.1, 0.15) is 41.0 Å². The van der Waals surface area contributed by atoms with Crippen LogP contribution in [0.4, 0.5) is 0 Å². The van der Waals surface area contributed by atoms with E-state index in [1.54, 1.807) is 7.11 Å². The predicted octanol–water partition coefficient (Wildman–Crippen LogP) is 1.80. The Kier molecular flexibility index (Phi) is 5.39. The maximum absolute atomic E-state index is 11.8. The molecule has 0 radical (unpaired) electrons. The summed E-state index contributed by atoms with van der Waals surface area (Å²) in [5, 5.41) is 6.27. The Morgan fingerprint density at radius 2 is 1.84 bits per heavy atom. The van der Waals surface area contributed by atoms with Crippen LogP contribution in [-0.4, -0.2) is 38.8 Å². The molecule has 19 heavy (non-hydrogen) atoms. The minimum absolute atomic E-state index is 0.0763. The molecule has 1 unspecified atom stereocenters. The van der Waals surface area contributed by atoms with Crippen LogP contribution in [0.2, 0.25) is 0 Å². The summed E-state index contributed by atoms with van der Waals surface area (Å²) in [6.45, 7) is 13.4. The molecule has 4 nitrogen and oxygen atoms in total. The maximum Gasteiger partial charge on any atom is 0.236 e. The molecule has 4 heteroatoms. The number of carbonyl (C=O) groups is 1. The second-order valence-electron chi connectivity index (χ2n) is 6.76. The van der Waals surface area contributed by atoms with Crippen LogP contribution < -0.4 is 10.6 Å². The number of ether oxygens (including phenoxy) is 1. The second kappa shape index (κ2) is 6.23. The van der Waals surface area contributed by atoms with Crippen LogP contribution in [0, 0.1) is 16.7 Å². The Bertz CT molecular complexity index is 299. The number of carbonyl (C=O) groups excluding carboxylic acids is 1. The van der Waals surface area contributed by atoms with Crippen LogP contribution in [-0.2, 0) is 9.53 Å². The van der Waals surface area contributed by atoms with E-state index in [1.165, 1.54) is 0 Å². The lowest BCUT2D eigenvalue weighted by Crippen LogP contribution is -2.43. The number of methoxy groups -OCH3 is 1. The largest absolute Gasteiger partial charge is 0.385 e. The Morgan fingerprint density at radius 1 is 1.26 bits per heavy atom. The van der Waals surface area contributed by atoms with Crippen LogP contribution >= 0.6 is 0 Å². The summed E-state index contributed by atoms with van der Waals surface area (Å²) in [4.78, 5) is 11.8. The Morgan fingerprint density at radius 3 is 2.32 bits per heavy atom. The molecule has 1 aliphatic rings. The molecule has 0 aliphatic heterocycles. The van der Waals surface area contributed by atoms with Crippen LogP contribution in [0.5, 0.6) is 0 Å². The second-order valence-corrected chi connectivity index (χ2v) is 6.76. The summed E-state index contributed by atoms with van der Waals surface area (Å²) in [5.41, 5.74) is 0.739. The first-order valence-corrected chi connectivity index (χ1v) is 7.25. The number of amides is 1. The normalized spacial score (nSPS) is 22.0. The van der Waals surface area contributed by atoms with Gasteiger partial charge in [-0.1, -0.05) is 27.7 Å². The zero-order chi connectivity index (χ0) is 14.7. The molecule has 112 valence electrons. The lowest BCUT2D eigenvalue weighted by Gasteiger charge is -2.14. The van der Waals surface area contributed by atoms with Crippen molar-refractivity contribution in [2.45, 2.75) is 47.1 Å². The minimum atomic E-state index is -0.130. The van der Waals surface area contributed by atoms with E-state index < -0.39 is 0 Å². The standard InChI is InChI=1S/C15H30N2O2/c1-11(13(18)16-8-7-9-19-6)17-10-12-14(2,3)15(12,4)5/h11-12,17H,7-10H2,1-6H3,(H,16,18). The third-order valence-electron chi connectivity index (χ3n) is 5.17. The SMILES string of the molecule is COCCCNC(=O)C(C)NCC1C(C)(C)C1(C)C. The smallest absolute Gasteiger partial charge is 0.236 e. The van der Waals surface area contributed by atoms with Crippen LogP contribution in [0.3, 0.4) is 0 Å². The van der Waals surface area contributed by atoms with Gasteiger partial charge in [-0.05, 0) is 36.6 Å². The number of rotatable bonds is 8. The van der Waals surface area contributed by atoms with Crippen molar-refractivity contribution < 1.29 is 9.53 Å². The van der Waals surface area contributed by atoms with Gasteiger partial charge >= 0.3 is 0 Å². The highest BCUT2D eigenvalue weighted by Crippen LogP contribution is 2.67. The number of nitrogens with one attached hydrogen (secondary N) is 2. The molecule has 1 rings (SSSR count). The van der Waals surface area contributed by atoms with Crippen molar-refractivity contribution >= 4 is 5.91 Å². The predicted molar refractivity (Wildman–Crippen MR) is 78.0 cm³/mol. The Hall–Kier alpha value is -0.610. The van der Waals surface area contributed by atoms with Gasteiger partial charge in [0.25, 0.3) is 0 Å². The van der Waals surface area contributed by atoms with Gasteiger partial charge in [0.15, 0.2) is 0 Å². The molecule has 0 bridgehead atoms. The van der Waals surface area contributed by atoms with E-state index >= 15 is 0 Å². The van der Waals surface area contributed by atoms with Crippen molar-refractivity contribution in [1.29, 1.82) is 0 Å². The van der Waals surface area contributed by atoms with E-state index in [1.807, 2.05) is 6.92 Å². The van der Waals surface area contributed by atoms with Crippen LogP contribution in [0.25, 0.3) is 0 Å². The fourth-order valence-electron chi connectivity index (χ4n) is 2.81. The van der Waals surface area contributed by atoms with Crippen molar-refractivity contribution in [2.75, 3.05) is 26.8 Å². The molecule has 1 amide bonds. The highest BCUT2D eigenvalue weighted by Gasteiger charge is 2.63. The van der Waals surface area contributed by atoms with E-state index in [2.05, 4.69) is 38.3 Å². The summed E-state index contributed by atoms with van der Waals surface area (Å²) in [7, 11) is 1.67. The molecule has 1 saturated carbocycles. The van der Waals surface area contributed by atoms with Crippen molar-refractivity contribution in [3.8, 4) is 0 Å². The highest BCUT2D eigenvalue weighted by molar-refractivity contribution is 5.81. The summed E-state index contributed by atoms with van der Waals surface area (Å²) in [5.74, 6) is 0.719. The topological polar surface area (TPSA) is 50.4 Å². The van der Waals surface area contributed by atoms with Crippen LogP contribution in [0.15, 0.2) is 0 Å². The third-order valence-corrected chi connectivity index (χ3v) is 5.17. The summed E-state index contributed by atoms with van der Waals surface area (Å²) >= 11 is 0. The zero-order valence-corrected chi connectivity index (χ0v) is 13.3. The first-order chi connectivity index (χ1) is 8.75. The first kappa shape index (κ1) is 16.4. The lowest BCUT2D eigenvalue weighted by molar-refractivity contribution is -0.122. The molecular formula is C15H30N2O2. The molecule has 0 spiro atoms. The summed E-state index contributed by atoms with van der Waals surface area (Å²) in [6.07, 6.45) is 0.859. The van der Waals surface area contributed by atoms with Gasteiger partial charge < -0.3 is 15.4 Å². The average molecular weight is 270 g/mol. The van der Waals surface area contributed by atoms with Crippen molar-refractivity contribution in [2.24, 2.45) is 16.7 Å². The molecule has 0 saturated heterocycles. The number of hydrogen-bond acceptors (Lipinski definition) is 3. The molecule has 0 heterocycles. The summed E-state index contributed by atoms with van der Waals surface area (Å²) < 4.78 is 4.95. The Labute approximate surface area is 117 Å². The van der Waals surface area contributed by atoms with Gasteiger partial charge in [-0.2, -0.15) is 0 Å². The van der Waals surface area contributed by atoms with Gasteiger partial charge in [0.2, 0.25) is 5.91 Å². The monoisotopic (exact) mass is 270 g/mol. The van der Waals surface area contributed by atoms with Crippen molar-refractivity contribution in [1.82, 2.24) is 10.6 Å². The fourth-order valence-corrected chi connectivity index (χ4v) is 2.81. The van der Waals surface area contributed by atoms with Crippen molar-refractivity contribution in [3.05, 3.63) is 0 Å². The van der Waals surface area contributed by atoms with E-state index in [0.717, 1.165) is 13.0 Å². The third kappa shape index (κ3) is 3.69. The van der Waals surface area contributed by atoms with E-state index in [0.29, 0.717) is 29.9 Å². The van der Waals surface area contributed by atoms with Gasteiger partial charge in [0.05, 0.1) is 6.04 Å². The van der Waals surface area contributed by atoms with Gasteiger partial charge in [0.1, 0.15) is 0 Å².